The monoisotopic (exact) mass is 354 g/mol. The van der Waals surface area contributed by atoms with Crippen molar-refractivity contribution < 1.29 is 4.79 Å². The maximum atomic E-state index is 13.0. The summed E-state index contributed by atoms with van der Waals surface area (Å²) in [6, 6.07) is 3.79. The van der Waals surface area contributed by atoms with E-state index in [9.17, 15) is 4.79 Å². The van der Waals surface area contributed by atoms with Gasteiger partial charge in [0.05, 0.1) is 12.1 Å². The lowest BCUT2D eigenvalue weighted by molar-refractivity contribution is 0.0724. The number of aromatic amines is 1. The number of aromatic nitrogens is 3. The fourth-order valence-electron chi connectivity index (χ4n) is 3.80. The molecule has 4 heterocycles. The van der Waals surface area contributed by atoms with E-state index in [2.05, 4.69) is 24.8 Å². The van der Waals surface area contributed by atoms with Gasteiger partial charge in [0.15, 0.2) is 0 Å². The zero-order chi connectivity index (χ0) is 17.8. The van der Waals surface area contributed by atoms with E-state index in [0.29, 0.717) is 0 Å². The normalized spacial score (nSPS) is 18.9. The number of pyridine rings is 1. The number of carbonyl (C=O) groups excluding carboxylic acids is 1. The molecule has 7 nitrogen and oxygen atoms in total. The molecule has 0 aromatic carbocycles. The number of hydrogen-bond acceptors (Lipinski definition) is 5. The molecule has 0 aliphatic carbocycles. The Labute approximate surface area is 154 Å². The molecule has 0 bridgehead atoms. The Bertz CT molecular complexity index is 717. The van der Waals surface area contributed by atoms with Crippen LogP contribution >= 0.6 is 0 Å². The van der Waals surface area contributed by atoms with Gasteiger partial charge in [0.25, 0.3) is 5.91 Å². The number of amides is 1. The van der Waals surface area contributed by atoms with E-state index in [-0.39, 0.29) is 5.91 Å². The first-order chi connectivity index (χ1) is 12.8. The number of piperazine rings is 1. The van der Waals surface area contributed by atoms with Crippen LogP contribution in [0.15, 0.2) is 30.7 Å². The van der Waals surface area contributed by atoms with Crippen LogP contribution in [0.4, 0.5) is 5.82 Å². The second-order valence-electron chi connectivity index (χ2n) is 7.03. The van der Waals surface area contributed by atoms with Gasteiger partial charge in [0, 0.05) is 57.9 Å². The molecule has 26 heavy (non-hydrogen) atoms. The van der Waals surface area contributed by atoms with Crippen molar-refractivity contribution >= 4 is 11.7 Å². The van der Waals surface area contributed by atoms with Crippen LogP contribution in [0.1, 0.15) is 35.4 Å². The van der Waals surface area contributed by atoms with Crippen molar-refractivity contribution in [2.24, 2.45) is 0 Å². The molecule has 2 aromatic rings. The van der Waals surface area contributed by atoms with Crippen LogP contribution in [-0.4, -0.2) is 69.9 Å². The molecule has 1 N–H and O–H groups in total. The Morgan fingerprint density at radius 2 is 1.81 bits per heavy atom. The molecule has 0 unspecified atom stereocenters. The van der Waals surface area contributed by atoms with Crippen LogP contribution in [0.3, 0.4) is 0 Å². The summed E-state index contributed by atoms with van der Waals surface area (Å²) in [4.78, 5) is 31.6. The number of anilines is 1. The van der Waals surface area contributed by atoms with Crippen LogP contribution in [0, 0.1) is 0 Å². The molecule has 2 aliphatic rings. The van der Waals surface area contributed by atoms with Gasteiger partial charge in [0.1, 0.15) is 11.6 Å². The van der Waals surface area contributed by atoms with Crippen molar-refractivity contribution in [1.82, 2.24) is 24.8 Å². The summed E-state index contributed by atoms with van der Waals surface area (Å²) in [5.74, 6) is 1.96. The van der Waals surface area contributed by atoms with Gasteiger partial charge in [-0.2, -0.15) is 0 Å². The van der Waals surface area contributed by atoms with E-state index in [1.807, 2.05) is 23.2 Å². The quantitative estimate of drug-likeness (QED) is 0.906. The van der Waals surface area contributed by atoms with Crippen LogP contribution < -0.4 is 4.90 Å². The average molecular weight is 354 g/mol. The van der Waals surface area contributed by atoms with Crippen LogP contribution in [0.5, 0.6) is 0 Å². The Hall–Kier alpha value is -2.41. The molecule has 2 aliphatic heterocycles. The number of rotatable bonds is 4. The molecule has 0 saturated carbocycles. The summed E-state index contributed by atoms with van der Waals surface area (Å²) in [6.07, 6.45) is 8.87. The number of piperidine rings is 1. The maximum Gasteiger partial charge on any atom is 0.257 e. The fraction of sp³-hybridized carbons (Fsp3) is 0.526. The first-order valence-corrected chi connectivity index (χ1v) is 9.51. The fourth-order valence-corrected chi connectivity index (χ4v) is 3.80. The summed E-state index contributed by atoms with van der Waals surface area (Å²) in [7, 11) is 0. The molecule has 2 fully saturated rings. The highest BCUT2D eigenvalue weighted by Crippen LogP contribution is 2.22. The Morgan fingerprint density at radius 1 is 1.00 bits per heavy atom. The van der Waals surface area contributed by atoms with Crippen molar-refractivity contribution in [2.75, 3.05) is 44.2 Å². The van der Waals surface area contributed by atoms with E-state index in [0.717, 1.165) is 75.9 Å². The van der Waals surface area contributed by atoms with Crippen molar-refractivity contribution in [3.8, 4) is 0 Å². The minimum Gasteiger partial charge on any atom is -0.353 e. The number of likely N-dealkylation sites (tertiary alicyclic amines) is 1. The highest BCUT2D eigenvalue weighted by atomic mass is 16.2. The zero-order valence-electron chi connectivity index (χ0n) is 15.1. The molecule has 7 heteroatoms. The van der Waals surface area contributed by atoms with Gasteiger partial charge in [-0.05, 0) is 31.4 Å². The minimum absolute atomic E-state index is 0.130. The van der Waals surface area contributed by atoms with Gasteiger partial charge in [0.2, 0.25) is 0 Å². The summed E-state index contributed by atoms with van der Waals surface area (Å²) >= 11 is 0. The molecule has 0 radical (unpaired) electrons. The number of hydrogen-bond donors (Lipinski definition) is 1. The lowest BCUT2D eigenvalue weighted by atomic mass is 10.1. The molecule has 4 rings (SSSR count). The van der Waals surface area contributed by atoms with Gasteiger partial charge in [-0.3, -0.25) is 9.69 Å². The average Bonchev–Trinajstić information content (AvgIpc) is 3.22. The van der Waals surface area contributed by atoms with Crippen molar-refractivity contribution in [2.45, 2.75) is 25.8 Å². The Morgan fingerprint density at radius 3 is 2.54 bits per heavy atom. The van der Waals surface area contributed by atoms with Gasteiger partial charge in [-0.25, -0.2) is 9.97 Å². The smallest absolute Gasteiger partial charge is 0.257 e. The van der Waals surface area contributed by atoms with Gasteiger partial charge in [-0.15, -0.1) is 0 Å². The van der Waals surface area contributed by atoms with Gasteiger partial charge in [-0.1, -0.05) is 0 Å². The molecule has 0 atom stereocenters. The van der Waals surface area contributed by atoms with Gasteiger partial charge >= 0.3 is 0 Å². The lowest BCUT2D eigenvalue weighted by Crippen LogP contribution is -2.47. The first-order valence-electron chi connectivity index (χ1n) is 9.51. The summed E-state index contributed by atoms with van der Waals surface area (Å²) < 4.78 is 0. The minimum atomic E-state index is 0.130. The second kappa shape index (κ2) is 7.86. The third-order valence-electron chi connectivity index (χ3n) is 5.26. The molecule has 1 amide bonds. The maximum absolute atomic E-state index is 13.0. The van der Waals surface area contributed by atoms with Crippen molar-refractivity contribution in [3.63, 3.8) is 0 Å². The van der Waals surface area contributed by atoms with Gasteiger partial charge < -0.3 is 14.8 Å². The molecule has 138 valence electrons. The topological polar surface area (TPSA) is 68.4 Å². The Kier molecular flexibility index (Phi) is 5.15. The predicted octanol–water partition coefficient (Wildman–Crippen LogP) is 1.75. The molecule has 0 spiro atoms. The third-order valence-corrected chi connectivity index (χ3v) is 5.26. The number of imidazole rings is 1. The standard InChI is InChI=1S/C19H26N6O/c26-19(25-9-2-1-3-10-25)16-5-4-6-22-18(16)24-13-11-23(12-14-24)15-17-20-7-8-21-17/h4-8H,1-3,9-15H2,(H,20,21). The lowest BCUT2D eigenvalue weighted by Gasteiger charge is -2.36. The number of H-pyrrole nitrogens is 1. The first kappa shape index (κ1) is 17.0. The Balaban J connectivity index is 1.43. The molecule has 2 aromatic heterocycles. The predicted molar refractivity (Wildman–Crippen MR) is 100 cm³/mol. The molecular formula is C19H26N6O. The van der Waals surface area contributed by atoms with Crippen molar-refractivity contribution in [1.29, 1.82) is 0 Å². The summed E-state index contributed by atoms with van der Waals surface area (Å²) in [5, 5.41) is 0. The van der Waals surface area contributed by atoms with E-state index < -0.39 is 0 Å². The highest BCUT2D eigenvalue weighted by Gasteiger charge is 2.26. The summed E-state index contributed by atoms with van der Waals surface area (Å²) in [5.41, 5.74) is 0.744. The second-order valence-corrected chi connectivity index (χ2v) is 7.03. The molecular weight excluding hydrogens is 328 g/mol. The van der Waals surface area contributed by atoms with E-state index in [1.165, 1.54) is 6.42 Å². The number of carbonyl (C=O) groups is 1. The van der Waals surface area contributed by atoms with E-state index >= 15 is 0 Å². The van der Waals surface area contributed by atoms with E-state index in [1.54, 1.807) is 12.4 Å². The third kappa shape index (κ3) is 3.72. The number of nitrogens with zero attached hydrogens (tertiary/aromatic N) is 5. The van der Waals surface area contributed by atoms with Crippen LogP contribution in [0.25, 0.3) is 0 Å². The molecule has 2 saturated heterocycles. The van der Waals surface area contributed by atoms with E-state index in [4.69, 9.17) is 0 Å². The summed E-state index contributed by atoms with van der Waals surface area (Å²) in [6.45, 7) is 6.19. The number of nitrogens with one attached hydrogen (secondary N) is 1. The van der Waals surface area contributed by atoms with Crippen LogP contribution in [0.2, 0.25) is 0 Å². The van der Waals surface area contributed by atoms with Crippen molar-refractivity contribution in [3.05, 3.63) is 42.1 Å². The highest BCUT2D eigenvalue weighted by molar-refractivity contribution is 5.99. The SMILES string of the molecule is O=C(c1cccnc1N1CCN(Cc2ncc[nH]2)CC1)N1CCCCC1. The zero-order valence-corrected chi connectivity index (χ0v) is 15.1. The largest absolute Gasteiger partial charge is 0.353 e. The van der Waals surface area contributed by atoms with Crippen LogP contribution in [-0.2, 0) is 6.54 Å².